The molecule has 2 saturated heterocycles. The van der Waals surface area contributed by atoms with Crippen molar-refractivity contribution in [3.8, 4) is 0 Å². The lowest BCUT2D eigenvalue weighted by Crippen LogP contribution is -2.63. The third-order valence-electron chi connectivity index (χ3n) is 6.55. The van der Waals surface area contributed by atoms with E-state index in [2.05, 4.69) is 0 Å². The Morgan fingerprint density at radius 1 is 0.614 bits per heavy atom. The van der Waals surface area contributed by atoms with Crippen LogP contribution >= 0.6 is 34.8 Å². The molecule has 0 saturated carbocycles. The minimum atomic E-state index is -2.29. The molecule has 15 nitrogen and oxygen atoms in total. The SMILES string of the molecule is CC(=O)OCC1O[C@@H](O[C@H]2C(C)C(OC(C)=O)[C@@H](OC(=N)C(Cl)(Cl)Cl)O[C@H]2COC(C)=O)C(OC(C)=O)[C@@H](C)[C@H]1OC(C)=O. The van der Waals surface area contributed by atoms with Crippen LogP contribution in [0.5, 0.6) is 0 Å². The van der Waals surface area contributed by atoms with Crippen LogP contribution in [0.4, 0.5) is 0 Å². The molecule has 0 spiro atoms. The van der Waals surface area contributed by atoms with Gasteiger partial charge in [0.1, 0.15) is 31.5 Å². The van der Waals surface area contributed by atoms with Crippen LogP contribution in [0.25, 0.3) is 0 Å². The Morgan fingerprint density at radius 2 is 1.00 bits per heavy atom. The maximum Gasteiger partial charge on any atom is 0.303 e. The van der Waals surface area contributed by atoms with E-state index in [1.165, 1.54) is 13.8 Å². The van der Waals surface area contributed by atoms with Crippen molar-refractivity contribution in [3.05, 3.63) is 0 Å². The maximum atomic E-state index is 12.1. The van der Waals surface area contributed by atoms with Gasteiger partial charge < -0.3 is 42.6 Å². The highest BCUT2D eigenvalue weighted by atomic mass is 35.6. The zero-order valence-corrected chi connectivity index (χ0v) is 27.3. The molecule has 0 bridgehead atoms. The van der Waals surface area contributed by atoms with E-state index in [1.54, 1.807) is 13.8 Å². The number of carbonyl (C=O) groups excluding carboxylic acids is 5. The lowest BCUT2D eigenvalue weighted by atomic mass is 9.88. The molecule has 2 heterocycles. The average molecular weight is 693 g/mol. The maximum absolute atomic E-state index is 12.1. The summed E-state index contributed by atoms with van der Waals surface area (Å²) in [7, 11) is 0. The molecule has 2 aliphatic heterocycles. The highest BCUT2D eigenvalue weighted by molar-refractivity contribution is 6.76. The van der Waals surface area contributed by atoms with Crippen LogP contribution < -0.4 is 0 Å². The van der Waals surface area contributed by atoms with E-state index in [1.807, 2.05) is 0 Å². The number of alkyl halides is 3. The van der Waals surface area contributed by atoms with Gasteiger partial charge in [-0.25, -0.2) is 0 Å². The average Bonchev–Trinajstić information content (AvgIpc) is 2.88. The van der Waals surface area contributed by atoms with Crippen molar-refractivity contribution in [1.82, 2.24) is 0 Å². The van der Waals surface area contributed by atoms with Gasteiger partial charge in [-0.15, -0.1) is 0 Å². The van der Waals surface area contributed by atoms with Crippen LogP contribution in [0.1, 0.15) is 48.5 Å². The predicted octanol–water partition coefficient (Wildman–Crippen LogP) is 2.38. The summed E-state index contributed by atoms with van der Waals surface area (Å²) >= 11 is 17.3. The van der Waals surface area contributed by atoms with Gasteiger partial charge in [0, 0.05) is 46.5 Å². The van der Waals surface area contributed by atoms with Gasteiger partial charge in [0.15, 0.2) is 18.5 Å². The standard InChI is InChI=1S/C26H36Cl3NO14/c1-10-19(38-14(5)33)17(8-36-12(3)31)41-23(21(10)39-15(6)34)43-20-11(2)22(40-16(7)35)24(44-25(30)26(27,28)29)42-18(20)9-37-13(4)32/h10-11,17-24,30H,8-9H2,1-7H3/t10-,11?,17?,18-,19+,20-,21?,22?,23-,24+/m0/s1. The van der Waals surface area contributed by atoms with Gasteiger partial charge in [-0.2, -0.15) is 0 Å². The molecule has 2 aliphatic rings. The molecule has 0 amide bonds. The van der Waals surface area contributed by atoms with E-state index >= 15 is 0 Å². The molecule has 1 N–H and O–H groups in total. The molecule has 250 valence electrons. The molecule has 2 rings (SSSR count). The van der Waals surface area contributed by atoms with Crippen LogP contribution in [0, 0.1) is 17.2 Å². The topological polar surface area (TPSA) is 192 Å². The third-order valence-corrected chi connectivity index (χ3v) is 7.07. The highest BCUT2D eigenvalue weighted by Crippen LogP contribution is 2.38. The van der Waals surface area contributed by atoms with E-state index in [0.29, 0.717) is 0 Å². The molecule has 10 atom stereocenters. The third kappa shape index (κ3) is 10.9. The minimum Gasteiger partial charge on any atom is -0.463 e. The molecule has 4 unspecified atom stereocenters. The molecule has 0 aromatic rings. The summed E-state index contributed by atoms with van der Waals surface area (Å²) < 4.78 is 48.1. The predicted molar refractivity (Wildman–Crippen MR) is 150 cm³/mol. The van der Waals surface area contributed by atoms with Crippen LogP contribution in [0.3, 0.4) is 0 Å². The van der Waals surface area contributed by atoms with Crippen LogP contribution in [0.2, 0.25) is 0 Å². The largest absolute Gasteiger partial charge is 0.463 e. The summed E-state index contributed by atoms with van der Waals surface area (Å²) in [5.41, 5.74) is 0. The van der Waals surface area contributed by atoms with E-state index in [9.17, 15) is 24.0 Å². The smallest absolute Gasteiger partial charge is 0.303 e. The fourth-order valence-electron chi connectivity index (χ4n) is 4.71. The van der Waals surface area contributed by atoms with Gasteiger partial charge in [0.2, 0.25) is 12.2 Å². The van der Waals surface area contributed by atoms with Crippen LogP contribution in [-0.2, 0) is 66.6 Å². The lowest BCUT2D eigenvalue weighted by Gasteiger charge is -2.48. The summed E-state index contributed by atoms with van der Waals surface area (Å²) in [5.74, 6) is -5.86. The molecular formula is C26H36Cl3NO14. The van der Waals surface area contributed by atoms with Gasteiger partial charge in [0.25, 0.3) is 3.79 Å². The number of esters is 5. The lowest BCUT2D eigenvalue weighted by molar-refractivity contribution is -0.343. The molecular weight excluding hydrogens is 657 g/mol. The molecule has 0 aliphatic carbocycles. The monoisotopic (exact) mass is 691 g/mol. The number of rotatable bonds is 10. The van der Waals surface area contributed by atoms with E-state index in [4.69, 9.17) is 82.8 Å². The van der Waals surface area contributed by atoms with Crippen molar-refractivity contribution in [1.29, 1.82) is 5.41 Å². The molecule has 44 heavy (non-hydrogen) atoms. The zero-order chi connectivity index (χ0) is 33.5. The van der Waals surface area contributed by atoms with E-state index < -0.39 is 107 Å². The van der Waals surface area contributed by atoms with Crippen molar-refractivity contribution in [2.75, 3.05) is 13.2 Å². The second kappa shape index (κ2) is 16.2. The van der Waals surface area contributed by atoms with Gasteiger partial charge >= 0.3 is 29.8 Å². The van der Waals surface area contributed by atoms with Gasteiger partial charge in [-0.3, -0.25) is 29.4 Å². The number of carbonyl (C=O) groups is 5. The summed E-state index contributed by atoms with van der Waals surface area (Å²) in [6, 6.07) is 0. The van der Waals surface area contributed by atoms with Crippen molar-refractivity contribution < 1.29 is 66.6 Å². The minimum absolute atomic E-state index is 0.344. The van der Waals surface area contributed by atoms with E-state index in [0.717, 1.165) is 20.8 Å². The number of ether oxygens (including phenoxy) is 9. The molecule has 18 heteroatoms. The van der Waals surface area contributed by atoms with Crippen molar-refractivity contribution in [3.63, 3.8) is 0 Å². The highest BCUT2D eigenvalue weighted by Gasteiger charge is 2.54. The fraction of sp³-hybridized carbons (Fsp3) is 0.769. The Bertz CT molecular complexity index is 1080. The Kier molecular flexibility index (Phi) is 13.9. The first-order valence-electron chi connectivity index (χ1n) is 13.4. The Morgan fingerprint density at radius 3 is 1.43 bits per heavy atom. The summed E-state index contributed by atoms with van der Waals surface area (Å²) in [6.45, 7) is 8.25. The zero-order valence-electron chi connectivity index (χ0n) is 25.0. The number of nitrogens with one attached hydrogen (secondary N) is 1. The van der Waals surface area contributed by atoms with Crippen LogP contribution in [0.15, 0.2) is 0 Å². The summed E-state index contributed by atoms with van der Waals surface area (Å²) in [4.78, 5) is 59.3. The molecule has 2 fully saturated rings. The van der Waals surface area contributed by atoms with Gasteiger partial charge in [-0.1, -0.05) is 48.7 Å². The quantitative estimate of drug-likeness (QED) is 0.115. The van der Waals surface area contributed by atoms with Gasteiger partial charge in [-0.05, 0) is 0 Å². The van der Waals surface area contributed by atoms with E-state index in [-0.39, 0.29) is 6.61 Å². The molecule has 0 aromatic heterocycles. The first-order chi connectivity index (χ1) is 20.3. The van der Waals surface area contributed by atoms with Crippen LogP contribution in [-0.4, -0.2) is 102 Å². The second-order valence-electron chi connectivity index (χ2n) is 10.2. The number of hydrogen-bond acceptors (Lipinski definition) is 15. The normalized spacial score (nSPS) is 32.0. The van der Waals surface area contributed by atoms with Gasteiger partial charge in [0.05, 0.1) is 6.10 Å². The summed E-state index contributed by atoms with van der Waals surface area (Å²) in [6.07, 6.45) is -9.73. The first kappa shape index (κ1) is 37.8. The number of halogens is 3. The number of hydrogen-bond donors (Lipinski definition) is 1. The second-order valence-corrected chi connectivity index (χ2v) is 12.5. The first-order valence-corrected chi connectivity index (χ1v) is 14.5. The van der Waals surface area contributed by atoms with Crippen molar-refractivity contribution >= 4 is 70.5 Å². The Labute approximate surface area is 268 Å². The van der Waals surface area contributed by atoms with Crippen molar-refractivity contribution in [2.45, 2.75) is 101 Å². The summed E-state index contributed by atoms with van der Waals surface area (Å²) in [5, 5.41) is 7.98. The fourth-order valence-corrected chi connectivity index (χ4v) is 4.84. The Balaban J connectivity index is 2.52. The molecule has 0 aromatic carbocycles. The Hall–Kier alpha value is -2.43. The molecule has 0 radical (unpaired) electrons. The van der Waals surface area contributed by atoms with Crippen molar-refractivity contribution in [2.24, 2.45) is 11.8 Å².